The van der Waals surface area contributed by atoms with E-state index in [1.807, 2.05) is 0 Å². The zero-order valence-electron chi connectivity index (χ0n) is 21.3. The van der Waals surface area contributed by atoms with Crippen molar-refractivity contribution in [2.75, 3.05) is 52.9 Å². The van der Waals surface area contributed by atoms with Gasteiger partial charge in [0.2, 0.25) is 11.7 Å². The molecular formula is C26H29N5O7. The van der Waals surface area contributed by atoms with Gasteiger partial charge in [-0.15, -0.1) is 0 Å². The van der Waals surface area contributed by atoms with Gasteiger partial charge in [-0.05, 0) is 36.4 Å². The third-order valence-electron chi connectivity index (χ3n) is 5.87. The van der Waals surface area contributed by atoms with Crippen molar-refractivity contribution < 1.29 is 33.7 Å². The number of ether oxygens (including phenoxy) is 4. The van der Waals surface area contributed by atoms with Gasteiger partial charge in [0, 0.05) is 36.0 Å². The van der Waals surface area contributed by atoms with Gasteiger partial charge in [0.1, 0.15) is 5.82 Å². The first-order chi connectivity index (χ1) is 18.4. The summed E-state index contributed by atoms with van der Waals surface area (Å²) in [6.45, 7) is 2.19. The van der Waals surface area contributed by atoms with Crippen LogP contribution in [0.4, 0.5) is 11.5 Å². The number of aromatic nitrogens is 2. The topological polar surface area (TPSA) is 144 Å². The molecule has 3 aromatic rings. The summed E-state index contributed by atoms with van der Waals surface area (Å²) >= 11 is 0. The van der Waals surface area contributed by atoms with E-state index < -0.39 is 5.91 Å². The van der Waals surface area contributed by atoms with Gasteiger partial charge in [-0.1, -0.05) is 0 Å². The molecule has 12 heteroatoms. The fraction of sp³-hybridized carbons (Fsp3) is 0.308. The second-order valence-electron chi connectivity index (χ2n) is 8.30. The average Bonchev–Trinajstić information content (AvgIpc) is 2.96. The molecule has 1 aromatic heterocycles. The van der Waals surface area contributed by atoms with Crippen molar-refractivity contribution in [3.63, 3.8) is 0 Å². The lowest BCUT2D eigenvalue weighted by Crippen LogP contribution is -2.40. The highest BCUT2D eigenvalue weighted by molar-refractivity contribution is 5.94. The van der Waals surface area contributed by atoms with E-state index in [0.29, 0.717) is 71.9 Å². The number of hydrogen-bond acceptors (Lipinski definition) is 10. The normalized spacial score (nSPS) is 13.0. The van der Waals surface area contributed by atoms with Crippen LogP contribution in [0, 0.1) is 0 Å². The molecule has 0 atom stereocenters. The van der Waals surface area contributed by atoms with Crippen LogP contribution in [0.5, 0.6) is 17.2 Å². The number of rotatable bonds is 9. The van der Waals surface area contributed by atoms with Gasteiger partial charge in [0.25, 0.3) is 5.91 Å². The molecule has 0 aliphatic carbocycles. The second-order valence-corrected chi connectivity index (χ2v) is 8.30. The Morgan fingerprint density at radius 1 is 0.974 bits per heavy atom. The maximum absolute atomic E-state index is 12.7. The van der Waals surface area contributed by atoms with Crippen LogP contribution in [-0.2, 0) is 16.0 Å². The van der Waals surface area contributed by atoms with Crippen LogP contribution in [0.1, 0.15) is 16.1 Å². The summed E-state index contributed by atoms with van der Waals surface area (Å²) in [7, 11) is 4.52. The van der Waals surface area contributed by atoms with E-state index in [4.69, 9.17) is 24.2 Å². The first-order valence-corrected chi connectivity index (χ1v) is 11.8. The van der Waals surface area contributed by atoms with Crippen molar-refractivity contribution >= 4 is 23.3 Å². The number of nitrogens with one attached hydrogen (secondary N) is 2. The van der Waals surface area contributed by atoms with Crippen LogP contribution in [0.15, 0.2) is 42.5 Å². The maximum Gasteiger partial charge on any atom is 0.254 e. The Morgan fingerprint density at radius 3 is 2.21 bits per heavy atom. The fourth-order valence-corrected chi connectivity index (χ4v) is 3.99. The molecule has 12 nitrogen and oxygen atoms in total. The smallest absolute Gasteiger partial charge is 0.254 e. The summed E-state index contributed by atoms with van der Waals surface area (Å²) in [5.41, 5.74) is 3.78. The largest absolute Gasteiger partial charge is 0.493 e. The molecule has 38 heavy (non-hydrogen) atoms. The number of anilines is 2. The van der Waals surface area contributed by atoms with Crippen LogP contribution in [0.25, 0.3) is 11.4 Å². The standard InChI is InChI=1S/C26H29N5O7/c1-35-20-12-17(13-21(36-2)24(20)37-3)25-28-19(15-23(32)30-34)14-22(29-25)27-18-6-4-16(5-7-18)26(33)31-8-10-38-11-9-31/h4-7,12-14,34H,8-11,15H2,1-3H3,(H,30,32)(H,27,28,29). The zero-order chi connectivity index (χ0) is 27.1. The van der Waals surface area contributed by atoms with Gasteiger partial charge in [0.15, 0.2) is 17.3 Å². The van der Waals surface area contributed by atoms with Crippen LogP contribution in [0.3, 0.4) is 0 Å². The van der Waals surface area contributed by atoms with E-state index in [1.54, 1.807) is 52.8 Å². The number of methoxy groups -OCH3 is 3. The molecule has 4 rings (SSSR count). The van der Waals surface area contributed by atoms with Crippen molar-refractivity contribution in [2.24, 2.45) is 0 Å². The Morgan fingerprint density at radius 2 is 1.63 bits per heavy atom. The van der Waals surface area contributed by atoms with Crippen molar-refractivity contribution in [1.29, 1.82) is 0 Å². The summed E-state index contributed by atoms with van der Waals surface area (Å²) in [6, 6.07) is 12.0. The molecule has 2 amide bonds. The van der Waals surface area contributed by atoms with Crippen LogP contribution >= 0.6 is 0 Å². The van der Waals surface area contributed by atoms with Crippen LogP contribution < -0.4 is 25.0 Å². The molecule has 0 saturated carbocycles. The highest BCUT2D eigenvalue weighted by Crippen LogP contribution is 2.40. The fourth-order valence-electron chi connectivity index (χ4n) is 3.99. The molecule has 3 N–H and O–H groups in total. The maximum atomic E-state index is 12.7. The van der Waals surface area contributed by atoms with E-state index in [9.17, 15) is 9.59 Å². The molecule has 0 spiro atoms. The number of hydrogen-bond donors (Lipinski definition) is 3. The molecule has 1 aliphatic heterocycles. The lowest BCUT2D eigenvalue weighted by atomic mass is 10.1. The van der Waals surface area contributed by atoms with E-state index in [-0.39, 0.29) is 18.2 Å². The minimum Gasteiger partial charge on any atom is -0.493 e. The summed E-state index contributed by atoms with van der Waals surface area (Å²) in [5, 5.41) is 12.2. The van der Waals surface area contributed by atoms with Crippen LogP contribution in [-0.4, -0.2) is 79.5 Å². The van der Waals surface area contributed by atoms with E-state index in [0.717, 1.165) is 0 Å². The minimum absolute atomic E-state index is 0.0520. The number of benzene rings is 2. The first kappa shape index (κ1) is 26.6. The Kier molecular flexibility index (Phi) is 8.56. The lowest BCUT2D eigenvalue weighted by Gasteiger charge is -2.26. The average molecular weight is 524 g/mol. The van der Waals surface area contributed by atoms with Gasteiger partial charge in [-0.3, -0.25) is 14.8 Å². The Labute approximate surface area is 219 Å². The van der Waals surface area contributed by atoms with Gasteiger partial charge in [-0.2, -0.15) is 0 Å². The van der Waals surface area contributed by atoms with Crippen molar-refractivity contribution in [3.8, 4) is 28.6 Å². The summed E-state index contributed by atoms with van der Waals surface area (Å²) in [4.78, 5) is 35.5. The highest BCUT2D eigenvalue weighted by Gasteiger charge is 2.19. The number of carbonyl (C=O) groups is 2. The number of amides is 2. The molecule has 1 aliphatic rings. The van der Waals surface area contributed by atoms with Crippen molar-refractivity contribution in [3.05, 3.63) is 53.7 Å². The highest BCUT2D eigenvalue weighted by atomic mass is 16.5. The third kappa shape index (κ3) is 6.10. The van der Waals surface area contributed by atoms with E-state index in [2.05, 4.69) is 15.3 Å². The Balaban J connectivity index is 1.65. The zero-order valence-corrected chi connectivity index (χ0v) is 21.3. The molecule has 2 aromatic carbocycles. The Bertz CT molecular complexity index is 1270. The predicted molar refractivity (Wildman–Crippen MR) is 137 cm³/mol. The van der Waals surface area contributed by atoms with Crippen molar-refractivity contribution in [2.45, 2.75) is 6.42 Å². The van der Waals surface area contributed by atoms with Crippen molar-refractivity contribution in [1.82, 2.24) is 20.3 Å². The molecule has 0 radical (unpaired) electrons. The number of carbonyl (C=O) groups excluding carboxylic acids is 2. The molecule has 0 unspecified atom stereocenters. The monoisotopic (exact) mass is 523 g/mol. The molecule has 0 bridgehead atoms. The molecule has 200 valence electrons. The van der Waals surface area contributed by atoms with Gasteiger partial charge >= 0.3 is 0 Å². The number of hydroxylamine groups is 1. The Hall–Kier alpha value is -4.42. The first-order valence-electron chi connectivity index (χ1n) is 11.8. The number of morpholine rings is 1. The summed E-state index contributed by atoms with van der Waals surface area (Å²) in [5.74, 6) is 1.25. The van der Waals surface area contributed by atoms with Gasteiger partial charge in [-0.25, -0.2) is 15.4 Å². The second kappa shape index (κ2) is 12.2. The lowest BCUT2D eigenvalue weighted by molar-refractivity contribution is -0.128. The summed E-state index contributed by atoms with van der Waals surface area (Å²) in [6.07, 6.45) is -0.182. The molecule has 1 fully saturated rings. The minimum atomic E-state index is -0.628. The van der Waals surface area contributed by atoms with Gasteiger partial charge < -0.3 is 29.2 Å². The van der Waals surface area contributed by atoms with Crippen LogP contribution in [0.2, 0.25) is 0 Å². The number of nitrogens with zero attached hydrogens (tertiary/aromatic N) is 3. The van der Waals surface area contributed by atoms with E-state index in [1.165, 1.54) is 21.3 Å². The van der Waals surface area contributed by atoms with E-state index >= 15 is 0 Å². The summed E-state index contributed by atoms with van der Waals surface area (Å²) < 4.78 is 21.6. The quantitative estimate of drug-likeness (QED) is 0.282. The SMILES string of the molecule is COc1cc(-c2nc(CC(=O)NO)cc(Nc3ccc(C(=O)N4CCOCC4)cc3)n2)cc(OC)c1OC. The predicted octanol–water partition coefficient (Wildman–Crippen LogP) is 2.43. The molecule has 2 heterocycles. The molecular weight excluding hydrogens is 494 g/mol. The third-order valence-corrected chi connectivity index (χ3v) is 5.87. The van der Waals surface area contributed by atoms with Gasteiger partial charge in [0.05, 0.1) is 46.7 Å². The molecule has 1 saturated heterocycles.